The van der Waals surface area contributed by atoms with E-state index in [-0.39, 0.29) is 23.8 Å². The normalized spacial score (nSPS) is 19.4. The number of primary amides is 1. The summed E-state index contributed by atoms with van der Waals surface area (Å²) in [5.41, 5.74) is 12.3. The van der Waals surface area contributed by atoms with Crippen molar-refractivity contribution >= 4 is 17.5 Å². The predicted octanol–water partition coefficient (Wildman–Crippen LogP) is 0.989. The Balaban J connectivity index is 2.21. The van der Waals surface area contributed by atoms with Gasteiger partial charge in [0.05, 0.1) is 11.6 Å². The Kier molecular flexibility index (Phi) is 4.01. The molecule has 1 atom stereocenters. The number of nitrogens with zero attached hydrogens (tertiary/aromatic N) is 2. The molecular formula is C14H22N4O2. The summed E-state index contributed by atoms with van der Waals surface area (Å²) in [6.07, 6.45) is 3.33. The maximum atomic E-state index is 12.6. The highest BCUT2D eigenvalue weighted by molar-refractivity contribution is 5.94. The van der Waals surface area contributed by atoms with Gasteiger partial charge in [-0.2, -0.15) is 0 Å². The fraction of sp³-hybridized carbons (Fsp3) is 0.571. The number of likely N-dealkylation sites (tertiary alicyclic amines) is 1. The number of aromatic nitrogens is 1. The number of rotatable bonds is 3. The van der Waals surface area contributed by atoms with Crippen molar-refractivity contribution in [3.05, 3.63) is 18.0 Å². The van der Waals surface area contributed by atoms with Crippen LogP contribution in [-0.4, -0.2) is 34.4 Å². The summed E-state index contributed by atoms with van der Waals surface area (Å²) in [6.45, 7) is 5.06. The molecule has 0 aromatic carbocycles. The lowest BCUT2D eigenvalue weighted by Crippen LogP contribution is -2.44. The number of carbonyl (C=O) groups is 2. The first kappa shape index (κ1) is 14.4. The molecule has 1 aromatic rings. The van der Waals surface area contributed by atoms with Crippen molar-refractivity contribution in [2.45, 2.75) is 32.7 Å². The molecule has 1 unspecified atom stereocenters. The van der Waals surface area contributed by atoms with Crippen molar-refractivity contribution < 1.29 is 9.59 Å². The van der Waals surface area contributed by atoms with E-state index in [4.69, 9.17) is 11.5 Å². The van der Waals surface area contributed by atoms with E-state index in [1.54, 1.807) is 17.2 Å². The van der Waals surface area contributed by atoms with Gasteiger partial charge >= 0.3 is 0 Å². The number of piperidine rings is 1. The summed E-state index contributed by atoms with van der Waals surface area (Å²) in [7, 11) is 0. The van der Waals surface area contributed by atoms with Crippen LogP contribution >= 0.6 is 0 Å². The summed E-state index contributed by atoms with van der Waals surface area (Å²) in [5.74, 6) is -0.657. The van der Waals surface area contributed by atoms with Gasteiger partial charge in [-0.05, 0) is 32.8 Å². The molecule has 4 N–H and O–H groups in total. The quantitative estimate of drug-likeness (QED) is 0.863. The van der Waals surface area contributed by atoms with E-state index in [2.05, 4.69) is 0 Å². The molecule has 1 aliphatic heterocycles. The van der Waals surface area contributed by atoms with Gasteiger partial charge in [0.2, 0.25) is 5.91 Å². The Hall–Kier alpha value is -1.98. The lowest BCUT2D eigenvalue weighted by Gasteiger charge is -2.31. The average molecular weight is 278 g/mol. The van der Waals surface area contributed by atoms with Crippen LogP contribution in [0.2, 0.25) is 0 Å². The van der Waals surface area contributed by atoms with Crippen LogP contribution < -0.4 is 11.5 Å². The van der Waals surface area contributed by atoms with Crippen LogP contribution in [0.5, 0.6) is 0 Å². The number of amides is 2. The van der Waals surface area contributed by atoms with Crippen LogP contribution in [-0.2, 0) is 4.79 Å². The molecule has 1 fully saturated rings. The maximum absolute atomic E-state index is 12.6. The second kappa shape index (κ2) is 5.56. The SMILES string of the molecule is CC(C)n1cc(N)cc1C(=O)N1CCCC(C(N)=O)C1. The summed E-state index contributed by atoms with van der Waals surface area (Å²) in [4.78, 5) is 25.6. The molecule has 1 aromatic heterocycles. The van der Waals surface area contributed by atoms with Gasteiger partial charge in [-0.3, -0.25) is 9.59 Å². The third-order valence-electron chi connectivity index (χ3n) is 3.76. The molecule has 0 bridgehead atoms. The van der Waals surface area contributed by atoms with Gasteiger partial charge in [0.25, 0.3) is 5.91 Å². The maximum Gasteiger partial charge on any atom is 0.270 e. The zero-order valence-electron chi connectivity index (χ0n) is 12.0. The molecular weight excluding hydrogens is 256 g/mol. The van der Waals surface area contributed by atoms with Gasteiger partial charge in [-0.1, -0.05) is 0 Å². The summed E-state index contributed by atoms with van der Waals surface area (Å²) in [6, 6.07) is 1.85. The number of nitrogen functional groups attached to an aromatic ring is 1. The monoisotopic (exact) mass is 278 g/mol. The minimum absolute atomic E-state index is 0.0821. The van der Waals surface area contributed by atoms with Crippen LogP contribution in [0.15, 0.2) is 12.3 Å². The van der Waals surface area contributed by atoms with Crippen molar-refractivity contribution in [1.82, 2.24) is 9.47 Å². The largest absolute Gasteiger partial charge is 0.397 e. The number of hydrogen-bond donors (Lipinski definition) is 2. The molecule has 1 saturated heterocycles. The Morgan fingerprint density at radius 2 is 2.10 bits per heavy atom. The van der Waals surface area contributed by atoms with Crippen molar-refractivity contribution in [2.75, 3.05) is 18.8 Å². The first-order chi connectivity index (χ1) is 9.40. The molecule has 0 spiro atoms. The van der Waals surface area contributed by atoms with Crippen molar-refractivity contribution in [1.29, 1.82) is 0 Å². The molecule has 20 heavy (non-hydrogen) atoms. The van der Waals surface area contributed by atoms with Crippen LogP contribution in [0.25, 0.3) is 0 Å². The first-order valence-electron chi connectivity index (χ1n) is 6.96. The molecule has 2 heterocycles. The third kappa shape index (κ3) is 2.79. The van der Waals surface area contributed by atoms with E-state index < -0.39 is 0 Å². The minimum Gasteiger partial charge on any atom is -0.397 e. The zero-order chi connectivity index (χ0) is 14.9. The Morgan fingerprint density at radius 3 is 2.70 bits per heavy atom. The number of anilines is 1. The van der Waals surface area contributed by atoms with Gasteiger partial charge < -0.3 is 20.9 Å². The zero-order valence-corrected chi connectivity index (χ0v) is 12.0. The Labute approximate surface area is 118 Å². The van der Waals surface area contributed by atoms with E-state index in [0.717, 1.165) is 12.8 Å². The average Bonchev–Trinajstić information content (AvgIpc) is 2.80. The second-order valence-electron chi connectivity index (χ2n) is 5.65. The fourth-order valence-electron chi connectivity index (χ4n) is 2.66. The van der Waals surface area contributed by atoms with Gasteiger partial charge in [0.1, 0.15) is 5.69 Å². The smallest absolute Gasteiger partial charge is 0.270 e. The van der Waals surface area contributed by atoms with Gasteiger partial charge in [0.15, 0.2) is 0 Å². The van der Waals surface area contributed by atoms with Crippen LogP contribution in [0.4, 0.5) is 5.69 Å². The minimum atomic E-state index is -0.332. The van der Waals surface area contributed by atoms with Gasteiger partial charge in [-0.25, -0.2) is 0 Å². The number of nitrogens with two attached hydrogens (primary N) is 2. The highest BCUT2D eigenvalue weighted by atomic mass is 16.2. The fourth-order valence-corrected chi connectivity index (χ4v) is 2.66. The molecule has 0 saturated carbocycles. The van der Waals surface area contributed by atoms with E-state index >= 15 is 0 Å². The van der Waals surface area contributed by atoms with Crippen molar-refractivity contribution in [3.63, 3.8) is 0 Å². The predicted molar refractivity (Wildman–Crippen MR) is 77.1 cm³/mol. The molecule has 0 aliphatic carbocycles. The van der Waals surface area contributed by atoms with Crippen LogP contribution in [0.3, 0.4) is 0 Å². The molecule has 2 rings (SSSR count). The van der Waals surface area contributed by atoms with Crippen molar-refractivity contribution in [2.24, 2.45) is 11.7 Å². The molecule has 1 aliphatic rings. The van der Waals surface area contributed by atoms with Crippen molar-refractivity contribution in [3.8, 4) is 0 Å². The molecule has 2 amide bonds. The molecule has 6 heteroatoms. The summed E-state index contributed by atoms with van der Waals surface area (Å²) >= 11 is 0. The Morgan fingerprint density at radius 1 is 1.40 bits per heavy atom. The second-order valence-corrected chi connectivity index (χ2v) is 5.65. The van der Waals surface area contributed by atoms with Crippen LogP contribution in [0, 0.1) is 5.92 Å². The van der Waals surface area contributed by atoms with E-state index in [1.165, 1.54) is 0 Å². The van der Waals surface area contributed by atoms with E-state index in [9.17, 15) is 9.59 Å². The highest BCUT2D eigenvalue weighted by Gasteiger charge is 2.29. The number of carbonyl (C=O) groups excluding carboxylic acids is 2. The van der Waals surface area contributed by atoms with E-state index in [0.29, 0.717) is 24.5 Å². The highest BCUT2D eigenvalue weighted by Crippen LogP contribution is 2.22. The number of hydrogen-bond acceptors (Lipinski definition) is 3. The van der Waals surface area contributed by atoms with Gasteiger partial charge in [-0.15, -0.1) is 0 Å². The first-order valence-corrected chi connectivity index (χ1v) is 6.96. The van der Waals surface area contributed by atoms with Gasteiger partial charge in [0, 0.05) is 25.3 Å². The molecule has 0 radical (unpaired) electrons. The summed E-state index contributed by atoms with van der Waals surface area (Å²) < 4.78 is 1.87. The Bertz CT molecular complexity index is 521. The summed E-state index contributed by atoms with van der Waals surface area (Å²) in [5, 5.41) is 0. The standard InChI is InChI=1S/C14H22N4O2/c1-9(2)18-8-11(15)6-12(18)14(20)17-5-3-4-10(7-17)13(16)19/h6,8-10H,3-5,7,15H2,1-2H3,(H2,16,19). The topological polar surface area (TPSA) is 94.3 Å². The third-order valence-corrected chi connectivity index (χ3v) is 3.76. The molecule has 6 nitrogen and oxygen atoms in total. The van der Waals surface area contributed by atoms with Crippen LogP contribution in [0.1, 0.15) is 43.2 Å². The lowest BCUT2D eigenvalue weighted by molar-refractivity contribution is -0.123. The van der Waals surface area contributed by atoms with E-state index in [1.807, 2.05) is 18.4 Å². The lowest BCUT2D eigenvalue weighted by atomic mass is 9.97. The molecule has 110 valence electrons.